The monoisotopic (exact) mass is 150 g/mol. The van der Waals surface area contributed by atoms with E-state index in [1.54, 1.807) is 24.2 Å². The Morgan fingerprint density at radius 1 is 1.55 bits per heavy atom. The molecule has 1 aliphatic rings. The van der Waals surface area contributed by atoms with Crippen LogP contribution >= 0.6 is 0 Å². The third-order valence-corrected chi connectivity index (χ3v) is 1.47. The van der Waals surface area contributed by atoms with Gasteiger partial charge in [-0.25, -0.2) is 4.79 Å². The van der Waals surface area contributed by atoms with Gasteiger partial charge in [-0.1, -0.05) is 12.2 Å². The van der Waals surface area contributed by atoms with Crippen LogP contribution in [0.2, 0.25) is 0 Å². The summed E-state index contributed by atoms with van der Waals surface area (Å²) in [5.74, 6) is 1.71. The van der Waals surface area contributed by atoms with Crippen LogP contribution in [0.5, 0.6) is 0 Å². The van der Waals surface area contributed by atoms with Crippen LogP contribution in [0.25, 0.3) is 0 Å². The second-order valence-corrected chi connectivity index (χ2v) is 2.28. The van der Waals surface area contributed by atoms with Gasteiger partial charge in [0.1, 0.15) is 5.94 Å². The molecule has 3 nitrogen and oxygen atoms in total. The van der Waals surface area contributed by atoms with Gasteiger partial charge in [-0.2, -0.15) is 0 Å². The highest BCUT2D eigenvalue weighted by atomic mass is 16.4. The molecule has 0 aromatic carbocycles. The molecule has 0 saturated carbocycles. The van der Waals surface area contributed by atoms with Gasteiger partial charge in [0, 0.05) is 12.0 Å². The van der Waals surface area contributed by atoms with Crippen molar-refractivity contribution in [3.63, 3.8) is 0 Å². The normalized spacial score (nSPS) is 15.8. The average molecular weight is 150 g/mol. The van der Waals surface area contributed by atoms with E-state index in [9.17, 15) is 4.79 Å². The highest BCUT2D eigenvalue weighted by Crippen LogP contribution is 2.15. The van der Waals surface area contributed by atoms with Crippen molar-refractivity contribution in [1.82, 2.24) is 0 Å². The van der Waals surface area contributed by atoms with Crippen molar-refractivity contribution in [1.29, 1.82) is 0 Å². The van der Waals surface area contributed by atoms with Crippen molar-refractivity contribution in [3.05, 3.63) is 29.3 Å². The molecule has 4 heteroatoms. The summed E-state index contributed by atoms with van der Waals surface area (Å²) in [6, 6.07) is 0. The van der Waals surface area contributed by atoms with E-state index in [0.29, 0.717) is 11.0 Å². The fourth-order valence-corrected chi connectivity index (χ4v) is 0.873. The van der Waals surface area contributed by atoms with Crippen LogP contribution in [0.15, 0.2) is 29.3 Å². The maximum atomic E-state index is 10.1. The molecule has 0 saturated heterocycles. The first-order chi connectivity index (χ1) is 5.24. The molecule has 0 unspecified atom stereocenters. The topological polar surface area (TPSA) is 57.5 Å². The fraction of sp³-hybridized carbons (Fsp3) is 0.143. The Morgan fingerprint density at radius 2 is 2.27 bits per heavy atom. The zero-order valence-corrected chi connectivity index (χ0v) is 5.82. The first-order valence-corrected chi connectivity index (χ1v) is 3.21. The number of rotatable bonds is 1. The van der Waals surface area contributed by atoms with Crippen LogP contribution in [0.3, 0.4) is 0 Å². The van der Waals surface area contributed by atoms with Crippen molar-refractivity contribution in [2.75, 3.05) is 0 Å². The first-order valence-electron chi connectivity index (χ1n) is 3.21. The molecule has 0 amide bonds. The summed E-state index contributed by atoms with van der Waals surface area (Å²) in [5.41, 5.74) is 0.862. The summed E-state index contributed by atoms with van der Waals surface area (Å²) in [7, 11) is -1.47. The third-order valence-electron chi connectivity index (χ3n) is 1.47. The Balaban J connectivity index is 2.80. The second-order valence-electron chi connectivity index (χ2n) is 2.28. The SMILES string of the molecule is O=C=C1C=CC=C(B(O)O)C1. The molecule has 1 aliphatic carbocycles. The Labute approximate surface area is 64.5 Å². The molecule has 0 heterocycles. The van der Waals surface area contributed by atoms with Crippen molar-refractivity contribution in [3.8, 4) is 0 Å². The minimum atomic E-state index is -1.47. The van der Waals surface area contributed by atoms with Crippen LogP contribution in [-0.2, 0) is 4.79 Å². The number of hydrogen-bond donors (Lipinski definition) is 2. The van der Waals surface area contributed by atoms with E-state index in [0.717, 1.165) is 0 Å². The first kappa shape index (κ1) is 8.02. The predicted molar refractivity (Wildman–Crippen MR) is 41.2 cm³/mol. The Hall–Kier alpha value is -1.09. The molecule has 0 aromatic heterocycles. The Morgan fingerprint density at radius 3 is 2.82 bits per heavy atom. The maximum absolute atomic E-state index is 10.1. The van der Waals surface area contributed by atoms with Gasteiger partial charge < -0.3 is 10.0 Å². The van der Waals surface area contributed by atoms with Crippen molar-refractivity contribution in [2.45, 2.75) is 6.42 Å². The lowest BCUT2D eigenvalue weighted by molar-refractivity contribution is 0.417. The summed E-state index contributed by atoms with van der Waals surface area (Å²) < 4.78 is 0. The van der Waals surface area contributed by atoms with Gasteiger partial charge in [0.05, 0.1) is 0 Å². The van der Waals surface area contributed by atoms with E-state index in [-0.39, 0.29) is 6.42 Å². The molecule has 0 aliphatic heterocycles. The minimum Gasteiger partial charge on any atom is -0.423 e. The number of allylic oxidation sites excluding steroid dienone is 5. The van der Waals surface area contributed by atoms with Gasteiger partial charge in [0.15, 0.2) is 0 Å². The summed E-state index contributed by atoms with van der Waals surface area (Å²) in [6.07, 6.45) is 5.04. The van der Waals surface area contributed by atoms with E-state index in [4.69, 9.17) is 10.0 Å². The van der Waals surface area contributed by atoms with Crippen LogP contribution in [0.1, 0.15) is 6.42 Å². The van der Waals surface area contributed by atoms with E-state index < -0.39 is 7.12 Å². The van der Waals surface area contributed by atoms with Crippen LogP contribution < -0.4 is 0 Å². The average Bonchev–Trinajstić information content (AvgIpc) is 2.05. The predicted octanol–water partition coefficient (Wildman–Crippen LogP) is -0.357. The summed E-state index contributed by atoms with van der Waals surface area (Å²) in [4.78, 5) is 10.1. The van der Waals surface area contributed by atoms with Crippen molar-refractivity contribution >= 4 is 13.1 Å². The Kier molecular flexibility index (Phi) is 2.44. The minimum absolute atomic E-state index is 0.275. The lowest BCUT2D eigenvalue weighted by Crippen LogP contribution is -2.16. The largest absolute Gasteiger partial charge is 0.484 e. The van der Waals surface area contributed by atoms with Crippen molar-refractivity contribution in [2.24, 2.45) is 0 Å². The van der Waals surface area contributed by atoms with Crippen LogP contribution in [-0.4, -0.2) is 23.1 Å². The molecule has 0 aromatic rings. The molecule has 2 N–H and O–H groups in total. The quantitative estimate of drug-likeness (QED) is 0.396. The molecular weight excluding hydrogens is 143 g/mol. The lowest BCUT2D eigenvalue weighted by Gasteiger charge is -2.06. The fourth-order valence-electron chi connectivity index (χ4n) is 0.873. The van der Waals surface area contributed by atoms with Gasteiger partial charge in [0.25, 0.3) is 0 Å². The molecule has 1 rings (SSSR count). The van der Waals surface area contributed by atoms with E-state index >= 15 is 0 Å². The lowest BCUT2D eigenvalue weighted by atomic mass is 9.74. The zero-order chi connectivity index (χ0) is 8.27. The molecule has 0 fully saturated rings. The van der Waals surface area contributed by atoms with Gasteiger partial charge >= 0.3 is 7.12 Å². The molecule has 0 radical (unpaired) electrons. The van der Waals surface area contributed by atoms with Gasteiger partial charge in [-0.3, -0.25) is 0 Å². The molecule has 0 atom stereocenters. The standard InChI is InChI=1S/C7H7BO3/c9-5-6-2-1-3-7(4-6)8(10)11/h1-3,10-11H,4H2. The molecule has 0 bridgehead atoms. The van der Waals surface area contributed by atoms with Gasteiger partial charge in [-0.15, -0.1) is 0 Å². The number of carbonyl (C=O) groups excluding carboxylic acids is 1. The van der Waals surface area contributed by atoms with E-state index in [2.05, 4.69) is 0 Å². The number of hydrogen-bond acceptors (Lipinski definition) is 3. The third kappa shape index (κ3) is 1.92. The smallest absolute Gasteiger partial charge is 0.423 e. The van der Waals surface area contributed by atoms with E-state index in [1.165, 1.54) is 0 Å². The van der Waals surface area contributed by atoms with Gasteiger partial charge in [0.2, 0.25) is 0 Å². The van der Waals surface area contributed by atoms with Crippen LogP contribution in [0, 0.1) is 0 Å². The van der Waals surface area contributed by atoms with Crippen molar-refractivity contribution < 1.29 is 14.8 Å². The summed E-state index contributed by atoms with van der Waals surface area (Å²) in [5, 5.41) is 17.4. The molecular formula is C7H7BO3. The van der Waals surface area contributed by atoms with Crippen LogP contribution in [0.4, 0.5) is 0 Å². The Bertz CT molecular complexity index is 259. The molecule has 56 valence electrons. The summed E-state index contributed by atoms with van der Waals surface area (Å²) in [6.45, 7) is 0. The molecule has 0 spiro atoms. The highest BCUT2D eigenvalue weighted by molar-refractivity contribution is 6.51. The molecule has 11 heavy (non-hydrogen) atoms. The maximum Gasteiger partial charge on any atom is 0.484 e. The van der Waals surface area contributed by atoms with Gasteiger partial charge in [-0.05, 0) is 11.5 Å². The zero-order valence-electron chi connectivity index (χ0n) is 5.82. The second kappa shape index (κ2) is 3.35. The summed E-state index contributed by atoms with van der Waals surface area (Å²) >= 11 is 0. The van der Waals surface area contributed by atoms with E-state index in [1.807, 2.05) is 0 Å². The highest BCUT2D eigenvalue weighted by Gasteiger charge is 2.16.